The Morgan fingerprint density at radius 2 is 2.33 bits per heavy atom. The summed E-state index contributed by atoms with van der Waals surface area (Å²) in [7, 11) is 0. The van der Waals surface area contributed by atoms with Crippen LogP contribution in [-0.2, 0) is 9.59 Å². The Balaban J connectivity index is 2.27. The third-order valence-corrected chi connectivity index (χ3v) is 2.75. The quantitative estimate of drug-likeness (QED) is 0.761. The minimum absolute atomic E-state index is 0.0201. The lowest BCUT2D eigenvalue weighted by molar-refractivity contribution is -0.139. The van der Waals surface area contributed by atoms with Gasteiger partial charge in [-0.25, -0.2) is 0 Å². The molecule has 0 radical (unpaired) electrons. The zero-order valence-corrected chi connectivity index (χ0v) is 9.46. The van der Waals surface area contributed by atoms with E-state index < -0.39 is 12.0 Å². The maximum atomic E-state index is 11.8. The maximum Gasteiger partial charge on any atom is 0.322 e. The predicted molar refractivity (Wildman–Crippen MR) is 62.9 cm³/mol. The summed E-state index contributed by atoms with van der Waals surface area (Å²) in [5.41, 5.74) is 0.984. The number of carboxylic acids is 1. The van der Waals surface area contributed by atoms with Crippen LogP contribution in [0.1, 0.15) is 5.56 Å². The highest BCUT2D eigenvalue weighted by Crippen LogP contribution is 2.18. The standard InChI is InChI=1S/C12H11N3O3/c13-5-8-2-1-3-9(4-8)15-7-10(12(17)18)14-6-11(15)16/h1-4,10,14H,6-7H2,(H,17,18). The third kappa shape index (κ3) is 2.31. The highest BCUT2D eigenvalue weighted by Gasteiger charge is 2.30. The number of rotatable bonds is 2. The summed E-state index contributed by atoms with van der Waals surface area (Å²) in [6.45, 7) is 0.0385. The lowest BCUT2D eigenvalue weighted by Crippen LogP contribution is -2.57. The molecule has 1 aliphatic heterocycles. The van der Waals surface area contributed by atoms with E-state index >= 15 is 0 Å². The number of benzene rings is 1. The molecule has 1 atom stereocenters. The molecule has 1 aromatic carbocycles. The van der Waals surface area contributed by atoms with Crippen molar-refractivity contribution in [3.63, 3.8) is 0 Å². The average Bonchev–Trinajstić information content (AvgIpc) is 2.39. The number of carbonyl (C=O) groups excluding carboxylic acids is 1. The predicted octanol–water partition coefficient (Wildman–Crippen LogP) is -0.0523. The van der Waals surface area contributed by atoms with Gasteiger partial charge in [-0.1, -0.05) is 6.07 Å². The number of hydrogen-bond donors (Lipinski definition) is 2. The average molecular weight is 245 g/mol. The molecule has 1 heterocycles. The molecule has 92 valence electrons. The van der Waals surface area contributed by atoms with Gasteiger partial charge in [-0.3, -0.25) is 14.9 Å². The number of nitriles is 1. The fraction of sp³-hybridized carbons (Fsp3) is 0.250. The Hall–Kier alpha value is -2.39. The van der Waals surface area contributed by atoms with Gasteiger partial charge in [0.15, 0.2) is 0 Å². The van der Waals surface area contributed by atoms with Crippen molar-refractivity contribution in [2.75, 3.05) is 18.0 Å². The fourth-order valence-electron chi connectivity index (χ4n) is 1.81. The van der Waals surface area contributed by atoms with Gasteiger partial charge >= 0.3 is 5.97 Å². The van der Waals surface area contributed by atoms with Crippen molar-refractivity contribution in [2.24, 2.45) is 0 Å². The normalized spacial score (nSPS) is 19.4. The van der Waals surface area contributed by atoms with E-state index in [9.17, 15) is 9.59 Å². The zero-order chi connectivity index (χ0) is 13.1. The SMILES string of the molecule is N#Cc1cccc(N2CC(C(=O)O)NCC2=O)c1. The molecule has 1 saturated heterocycles. The molecule has 1 aromatic rings. The first-order valence-corrected chi connectivity index (χ1v) is 5.38. The molecule has 0 spiro atoms. The van der Waals surface area contributed by atoms with Crippen LogP contribution >= 0.6 is 0 Å². The van der Waals surface area contributed by atoms with Crippen LogP contribution in [-0.4, -0.2) is 36.1 Å². The van der Waals surface area contributed by atoms with Crippen LogP contribution in [0.3, 0.4) is 0 Å². The molecule has 1 fully saturated rings. The van der Waals surface area contributed by atoms with Crippen LogP contribution in [0.4, 0.5) is 5.69 Å². The van der Waals surface area contributed by atoms with Crippen LogP contribution in [0.5, 0.6) is 0 Å². The maximum absolute atomic E-state index is 11.8. The number of nitrogens with one attached hydrogen (secondary N) is 1. The minimum Gasteiger partial charge on any atom is -0.480 e. The molecule has 1 unspecified atom stereocenters. The summed E-state index contributed by atoms with van der Waals surface area (Å²) in [4.78, 5) is 24.0. The number of anilines is 1. The lowest BCUT2D eigenvalue weighted by atomic mass is 10.1. The summed E-state index contributed by atoms with van der Waals surface area (Å²) in [6.07, 6.45) is 0. The lowest BCUT2D eigenvalue weighted by Gasteiger charge is -2.31. The van der Waals surface area contributed by atoms with Crippen molar-refractivity contribution in [3.8, 4) is 6.07 Å². The van der Waals surface area contributed by atoms with E-state index in [-0.39, 0.29) is 19.0 Å². The zero-order valence-electron chi connectivity index (χ0n) is 9.46. The molecule has 0 saturated carbocycles. The largest absolute Gasteiger partial charge is 0.480 e. The van der Waals surface area contributed by atoms with Crippen LogP contribution < -0.4 is 10.2 Å². The molecule has 0 aliphatic carbocycles. The van der Waals surface area contributed by atoms with Gasteiger partial charge in [0.05, 0.1) is 24.7 Å². The second-order valence-electron chi connectivity index (χ2n) is 3.94. The van der Waals surface area contributed by atoms with E-state index in [1.165, 1.54) is 4.90 Å². The molecular formula is C12H11N3O3. The summed E-state index contributed by atoms with van der Waals surface area (Å²) < 4.78 is 0. The smallest absolute Gasteiger partial charge is 0.322 e. The molecule has 0 aromatic heterocycles. The molecule has 18 heavy (non-hydrogen) atoms. The van der Waals surface area contributed by atoms with Crippen LogP contribution in [0.25, 0.3) is 0 Å². The Labute approximate surface area is 103 Å². The van der Waals surface area contributed by atoms with Crippen molar-refractivity contribution >= 4 is 17.6 Å². The fourth-order valence-corrected chi connectivity index (χ4v) is 1.81. The third-order valence-electron chi connectivity index (χ3n) is 2.75. The van der Waals surface area contributed by atoms with Crippen molar-refractivity contribution in [1.82, 2.24) is 5.32 Å². The summed E-state index contributed by atoms with van der Waals surface area (Å²) >= 11 is 0. The molecule has 1 aliphatic rings. The highest BCUT2D eigenvalue weighted by molar-refractivity contribution is 5.97. The van der Waals surface area contributed by atoms with Gasteiger partial charge in [-0.15, -0.1) is 0 Å². The van der Waals surface area contributed by atoms with Gasteiger partial charge in [0.1, 0.15) is 6.04 Å². The molecule has 1 amide bonds. The van der Waals surface area contributed by atoms with E-state index in [2.05, 4.69) is 5.32 Å². The van der Waals surface area contributed by atoms with E-state index in [1.807, 2.05) is 6.07 Å². The second kappa shape index (κ2) is 4.85. The molecule has 6 nitrogen and oxygen atoms in total. The number of hydrogen-bond acceptors (Lipinski definition) is 4. The van der Waals surface area contributed by atoms with Crippen LogP contribution in [0.15, 0.2) is 24.3 Å². The molecule has 0 bridgehead atoms. The highest BCUT2D eigenvalue weighted by atomic mass is 16.4. The van der Waals surface area contributed by atoms with E-state index in [4.69, 9.17) is 10.4 Å². The van der Waals surface area contributed by atoms with Crippen LogP contribution in [0.2, 0.25) is 0 Å². The summed E-state index contributed by atoms with van der Waals surface area (Å²) in [5.74, 6) is -1.20. The van der Waals surface area contributed by atoms with Crippen molar-refractivity contribution in [3.05, 3.63) is 29.8 Å². The van der Waals surface area contributed by atoms with E-state index in [0.29, 0.717) is 11.3 Å². The number of carbonyl (C=O) groups is 2. The van der Waals surface area contributed by atoms with Gasteiger partial charge in [0.25, 0.3) is 0 Å². The molecular weight excluding hydrogens is 234 g/mol. The first-order valence-electron chi connectivity index (χ1n) is 5.38. The number of carboxylic acid groups (broad SMARTS) is 1. The summed E-state index contributed by atoms with van der Waals surface area (Å²) in [6, 6.07) is 7.75. The Morgan fingerprint density at radius 3 is 3.00 bits per heavy atom. The Morgan fingerprint density at radius 1 is 1.56 bits per heavy atom. The molecule has 2 N–H and O–H groups in total. The first kappa shape index (κ1) is 12.1. The van der Waals surface area contributed by atoms with Crippen molar-refractivity contribution in [2.45, 2.75) is 6.04 Å². The Kier molecular flexibility index (Phi) is 3.26. The number of piperazine rings is 1. The van der Waals surface area contributed by atoms with Crippen molar-refractivity contribution in [1.29, 1.82) is 5.26 Å². The number of aliphatic carboxylic acids is 1. The van der Waals surface area contributed by atoms with Gasteiger partial charge in [-0.2, -0.15) is 5.26 Å². The van der Waals surface area contributed by atoms with Gasteiger partial charge < -0.3 is 10.0 Å². The van der Waals surface area contributed by atoms with Crippen LogP contribution in [0, 0.1) is 11.3 Å². The second-order valence-corrected chi connectivity index (χ2v) is 3.94. The van der Waals surface area contributed by atoms with E-state index in [0.717, 1.165) is 0 Å². The molecule has 6 heteroatoms. The van der Waals surface area contributed by atoms with Gasteiger partial charge in [-0.05, 0) is 18.2 Å². The topological polar surface area (TPSA) is 93.4 Å². The first-order chi connectivity index (χ1) is 8.61. The van der Waals surface area contributed by atoms with Crippen molar-refractivity contribution < 1.29 is 14.7 Å². The van der Waals surface area contributed by atoms with E-state index in [1.54, 1.807) is 24.3 Å². The number of amides is 1. The number of nitrogens with zero attached hydrogens (tertiary/aromatic N) is 2. The van der Waals surface area contributed by atoms with Gasteiger partial charge in [0.2, 0.25) is 5.91 Å². The summed E-state index contributed by atoms with van der Waals surface area (Å²) in [5, 5.41) is 20.4. The Bertz CT molecular complexity index is 536. The monoisotopic (exact) mass is 245 g/mol. The van der Waals surface area contributed by atoms with Gasteiger partial charge in [0, 0.05) is 5.69 Å². The molecule has 2 rings (SSSR count). The minimum atomic E-state index is -0.996.